The lowest BCUT2D eigenvalue weighted by Gasteiger charge is -2.12. The normalized spacial score (nSPS) is 11.0. The first-order valence-corrected chi connectivity index (χ1v) is 8.76. The van der Waals surface area contributed by atoms with Gasteiger partial charge in [-0.05, 0) is 36.5 Å². The van der Waals surface area contributed by atoms with Gasteiger partial charge < -0.3 is 20.1 Å². The third kappa shape index (κ3) is 10.6. The molecule has 0 aliphatic rings. The number of carbonyl (C=O) groups excluding carboxylic acids is 1. The van der Waals surface area contributed by atoms with Crippen LogP contribution in [0, 0.1) is 5.92 Å². The quantitative estimate of drug-likeness (QED) is 0.178. The summed E-state index contributed by atoms with van der Waals surface area (Å²) in [7, 11) is 3.14. The molecule has 0 aromatic heterocycles. The highest BCUT2D eigenvalue weighted by Gasteiger charge is 2.04. The number of benzene rings is 1. The van der Waals surface area contributed by atoms with Gasteiger partial charge >= 0.3 is 5.97 Å². The van der Waals surface area contributed by atoms with E-state index in [4.69, 9.17) is 9.47 Å². The fourth-order valence-corrected chi connectivity index (χ4v) is 2.17. The van der Waals surface area contributed by atoms with Crippen molar-refractivity contribution in [3.63, 3.8) is 0 Å². The summed E-state index contributed by atoms with van der Waals surface area (Å²) in [5.74, 6) is 1.05. The molecule has 1 aromatic carbocycles. The molecule has 6 nitrogen and oxygen atoms in total. The number of nitrogens with one attached hydrogen (secondary N) is 2. The smallest absolute Gasteiger partial charge is 0.337 e. The van der Waals surface area contributed by atoms with Gasteiger partial charge in [-0.25, -0.2) is 4.79 Å². The van der Waals surface area contributed by atoms with Crippen LogP contribution in [0.5, 0.6) is 0 Å². The number of nitrogens with zero attached hydrogens (tertiary/aromatic N) is 1. The van der Waals surface area contributed by atoms with Gasteiger partial charge in [0.15, 0.2) is 5.96 Å². The summed E-state index contributed by atoms with van der Waals surface area (Å²) in [4.78, 5) is 15.6. The number of hydrogen-bond acceptors (Lipinski definition) is 4. The van der Waals surface area contributed by atoms with Crippen molar-refractivity contribution < 1.29 is 14.3 Å². The van der Waals surface area contributed by atoms with Gasteiger partial charge in [-0.15, -0.1) is 24.0 Å². The van der Waals surface area contributed by atoms with Gasteiger partial charge in [0, 0.05) is 33.4 Å². The fourth-order valence-electron chi connectivity index (χ4n) is 2.17. The summed E-state index contributed by atoms with van der Waals surface area (Å²) >= 11 is 0. The maximum atomic E-state index is 11.4. The number of guanidine groups is 1. The average molecular weight is 477 g/mol. The van der Waals surface area contributed by atoms with Crippen LogP contribution in [0.2, 0.25) is 0 Å². The Morgan fingerprint density at radius 3 is 2.38 bits per heavy atom. The molecule has 0 aliphatic carbocycles. The van der Waals surface area contributed by atoms with Gasteiger partial charge in [0.2, 0.25) is 0 Å². The van der Waals surface area contributed by atoms with Crippen molar-refractivity contribution in [3.05, 3.63) is 35.4 Å². The summed E-state index contributed by atoms with van der Waals surface area (Å²) in [5, 5.41) is 6.56. The van der Waals surface area contributed by atoms with E-state index in [1.807, 2.05) is 12.1 Å². The van der Waals surface area contributed by atoms with Crippen LogP contribution in [0.1, 0.15) is 36.2 Å². The standard InChI is InChI=1S/C19H31N3O3.HI/c1-15(2)14-25-13-5-11-21-19(20-3)22-12-10-16-6-8-17(9-7-16)18(23)24-4;/h6-9,15H,5,10-14H2,1-4H3,(H2,20,21,22);1H. The van der Waals surface area contributed by atoms with E-state index in [0.29, 0.717) is 11.5 Å². The zero-order valence-electron chi connectivity index (χ0n) is 16.2. The number of carbonyl (C=O) groups is 1. The summed E-state index contributed by atoms with van der Waals surface area (Å²) in [6.45, 7) is 7.45. The van der Waals surface area contributed by atoms with E-state index in [-0.39, 0.29) is 29.9 Å². The van der Waals surface area contributed by atoms with Gasteiger partial charge in [-0.3, -0.25) is 4.99 Å². The van der Waals surface area contributed by atoms with E-state index in [2.05, 4.69) is 29.5 Å². The van der Waals surface area contributed by atoms with Crippen molar-refractivity contribution >= 4 is 35.9 Å². The van der Waals surface area contributed by atoms with E-state index in [9.17, 15) is 4.79 Å². The molecule has 148 valence electrons. The van der Waals surface area contributed by atoms with E-state index >= 15 is 0 Å². The first kappa shape index (κ1) is 24.7. The summed E-state index contributed by atoms with van der Waals surface area (Å²) in [5.41, 5.74) is 1.72. The van der Waals surface area contributed by atoms with Gasteiger partial charge in [0.05, 0.1) is 12.7 Å². The molecular formula is C19H32IN3O3. The molecule has 0 amide bonds. The van der Waals surface area contributed by atoms with Crippen LogP contribution in [0.4, 0.5) is 0 Å². The number of esters is 1. The van der Waals surface area contributed by atoms with E-state index in [1.165, 1.54) is 7.11 Å². The minimum absolute atomic E-state index is 0. The fraction of sp³-hybridized carbons (Fsp3) is 0.579. The van der Waals surface area contributed by atoms with E-state index in [0.717, 1.165) is 50.7 Å². The molecule has 0 radical (unpaired) electrons. The Morgan fingerprint density at radius 1 is 1.15 bits per heavy atom. The molecule has 0 unspecified atom stereocenters. The molecule has 0 bridgehead atoms. The second-order valence-electron chi connectivity index (χ2n) is 6.19. The molecule has 0 saturated heterocycles. The molecule has 1 rings (SSSR count). The van der Waals surface area contributed by atoms with Crippen molar-refractivity contribution in [3.8, 4) is 0 Å². The van der Waals surface area contributed by atoms with Crippen LogP contribution in [0.25, 0.3) is 0 Å². The predicted molar refractivity (Wildman–Crippen MR) is 117 cm³/mol. The van der Waals surface area contributed by atoms with Gasteiger partial charge in [0.25, 0.3) is 0 Å². The lowest BCUT2D eigenvalue weighted by Crippen LogP contribution is -2.39. The number of rotatable bonds is 10. The Hall–Kier alpha value is -1.35. The molecule has 0 saturated carbocycles. The lowest BCUT2D eigenvalue weighted by atomic mass is 10.1. The molecule has 0 spiro atoms. The number of ether oxygens (including phenoxy) is 2. The van der Waals surface area contributed by atoms with Crippen molar-refractivity contribution in [2.45, 2.75) is 26.7 Å². The number of aliphatic imine (C=N–C) groups is 1. The summed E-state index contributed by atoms with van der Waals surface area (Å²) in [6, 6.07) is 7.45. The van der Waals surface area contributed by atoms with Crippen molar-refractivity contribution in [1.29, 1.82) is 0 Å². The highest BCUT2D eigenvalue weighted by molar-refractivity contribution is 14.0. The van der Waals surface area contributed by atoms with E-state index < -0.39 is 0 Å². The van der Waals surface area contributed by atoms with Crippen LogP contribution in [0.15, 0.2) is 29.3 Å². The highest BCUT2D eigenvalue weighted by atomic mass is 127. The predicted octanol–water partition coefficient (Wildman–Crippen LogP) is 2.86. The van der Waals surface area contributed by atoms with Gasteiger partial charge in [-0.2, -0.15) is 0 Å². The highest BCUT2D eigenvalue weighted by Crippen LogP contribution is 2.06. The molecule has 2 N–H and O–H groups in total. The Kier molecular flexibility index (Phi) is 14.0. The maximum Gasteiger partial charge on any atom is 0.337 e. The lowest BCUT2D eigenvalue weighted by molar-refractivity contribution is 0.0600. The molecule has 0 fully saturated rings. The first-order valence-electron chi connectivity index (χ1n) is 8.76. The number of halogens is 1. The monoisotopic (exact) mass is 477 g/mol. The van der Waals surface area contributed by atoms with Crippen molar-refractivity contribution in [2.24, 2.45) is 10.9 Å². The van der Waals surface area contributed by atoms with Crippen molar-refractivity contribution in [1.82, 2.24) is 10.6 Å². The van der Waals surface area contributed by atoms with Crippen LogP contribution < -0.4 is 10.6 Å². The molecule has 0 heterocycles. The summed E-state index contributed by atoms with van der Waals surface area (Å²) < 4.78 is 10.2. The third-order valence-corrected chi connectivity index (χ3v) is 3.51. The first-order chi connectivity index (χ1) is 12.1. The van der Waals surface area contributed by atoms with Crippen LogP contribution in [-0.2, 0) is 15.9 Å². The zero-order valence-corrected chi connectivity index (χ0v) is 18.5. The van der Waals surface area contributed by atoms with Crippen LogP contribution in [0.3, 0.4) is 0 Å². The summed E-state index contributed by atoms with van der Waals surface area (Å²) in [6.07, 6.45) is 1.79. The number of methoxy groups -OCH3 is 1. The van der Waals surface area contributed by atoms with Crippen LogP contribution in [-0.4, -0.2) is 52.4 Å². The minimum atomic E-state index is -0.313. The topological polar surface area (TPSA) is 72.0 Å². The maximum absolute atomic E-state index is 11.4. The molecule has 26 heavy (non-hydrogen) atoms. The Labute approximate surface area is 174 Å². The molecule has 7 heteroatoms. The second-order valence-corrected chi connectivity index (χ2v) is 6.19. The molecule has 0 aliphatic heterocycles. The van der Waals surface area contributed by atoms with Gasteiger partial charge in [0.1, 0.15) is 0 Å². The van der Waals surface area contributed by atoms with Crippen LogP contribution >= 0.6 is 24.0 Å². The average Bonchev–Trinajstić information content (AvgIpc) is 2.62. The Balaban J connectivity index is 0.00000625. The second kappa shape index (κ2) is 14.8. The van der Waals surface area contributed by atoms with Gasteiger partial charge in [-0.1, -0.05) is 26.0 Å². The number of hydrogen-bond donors (Lipinski definition) is 2. The zero-order chi connectivity index (χ0) is 18.5. The molecule has 0 atom stereocenters. The molecule has 1 aromatic rings. The largest absolute Gasteiger partial charge is 0.465 e. The van der Waals surface area contributed by atoms with E-state index in [1.54, 1.807) is 19.2 Å². The third-order valence-electron chi connectivity index (χ3n) is 3.51. The Bertz CT molecular complexity index is 533. The van der Waals surface area contributed by atoms with Crippen molar-refractivity contribution in [2.75, 3.05) is 40.5 Å². The Morgan fingerprint density at radius 2 is 1.81 bits per heavy atom. The SMILES string of the molecule is CN=C(NCCCOCC(C)C)NCCc1ccc(C(=O)OC)cc1.I. The molecular weight excluding hydrogens is 445 g/mol. The minimum Gasteiger partial charge on any atom is -0.465 e.